The fraction of sp³-hybridized carbons (Fsp3) is 0.103. The molecule has 5 aromatic rings. The van der Waals surface area contributed by atoms with E-state index in [-0.39, 0.29) is 11.6 Å². The summed E-state index contributed by atoms with van der Waals surface area (Å²) >= 11 is 0. The van der Waals surface area contributed by atoms with Crippen molar-refractivity contribution in [3.63, 3.8) is 0 Å². The monoisotopic (exact) mass is 431 g/mol. The summed E-state index contributed by atoms with van der Waals surface area (Å²) in [5.74, 6) is 0.682. The number of aryl methyl sites for hydroxylation is 1. The zero-order chi connectivity index (χ0) is 22.6. The number of aromatic nitrogens is 2. The average Bonchev–Trinajstić information content (AvgIpc) is 2.86. The molecule has 1 heterocycles. The van der Waals surface area contributed by atoms with Crippen LogP contribution in [0, 0.1) is 6.92 Å². The molecule has 0 radical (unpaired) electrons. The standard InChI is InChI=1S/C29H25N3O/c1-21-12-11-19-25-27(21)29(33)32(24-17-9-4-10-18-24)26(31-25)20-30-28(22-13-5-2-6-14-22)23-15-7-3-8-16-23/h2-19,28,30H,20H2,1H3. The van der Waals surface area contributed by atoms with Crippen molar-refractivity contribution >= 4 is 10.9 Å². The molecule has 0 saturated carbocycles. The van der Waals surface area contributed by atoms with Crippen molar-refractivity contribution in [1.82, 2.24) is 14.9 Å². The van der Waals surface area contributed by atoms with Gasteiger partial charge in [0.2, 0.25) is 0 Å². The first-order chi connectivity index (χ1) is 16.2. The third-order valence-electron chi connectivity index (χ3n) is 5.92. The third kappa shape index (κ3) is 4.21. The molecule has 4 heteroatoms. The lowest BCUT2D eigenvalue weighted by atomic mass is 9.99. The molecule has 0 amide bonds. The summed E-state index contributed by atoms with van der Waals surface area (Å²) in [7, 11) is 0. The Labute approximate surface area is 193 Å². The van der Waals surface area contributed by atoms with Crippen molar-refractivity contribution in [2.24, 2.45) is 0 Å². The van der Waals surface area contributed by atoms with Crippen molar-refractivity contribution in [2.45, 2.75) is 19.5 Å². The molecule has 5 rings (SSSR count). The molecular formula is C29H25N3O. The number of fused-ring (bicyclic) bond motifs is 1. The molecule has 0 saturated heterocycles. The number of nitrogens with zero attached hydrogens (tertiary/aromatic N) is 2. The summed E-state index contributed by atoms with van der Waals surface area (Å²) in [6.07, 6.45) is 0. The Hall–Kier alpha value is -4.02. The summed E-state index contributed by atoms with van der Waals surface area (Å²) in [5.41, 5.74) is 4.74. The van der Waals surface area contributed by atoms with Gasteiger partial charge in [0.25, 0.3) is 5.56 Å². The van der Waals surface area contributed by atoms with Gasteiger partial charge < -0.3 is 0 Å². The van der Waals surface area contributed by atoms with Crippen LogP contribution >= 0.6 is 0 Å². The van der Waals surface area contributed by atoms with Gasteiger partial charge in [0, 0.05) is 0 Å². The van der Waals surface area contributed by atoms with E-state index in [0.717, 1.165) is 27.9 Å². The molecule has 0 bridgehead atoms. The van der Waals surface area contributed by atoms with Crippen LogP contribution in [-0.4, -0.2) is 9.55 Å². The third-order valence-corrected chi connectivity index (χ3v) is 5.92. The lowest BCUT2D eigenvalue weighted by Gasteiger charge is -2.21. The van der Waals surface area contributed by atoms with E-state index in [1.165, 1.54) is 0 Å². The van der Waals surface area contributed by atoms with E-state index >= 15 is 0 Å². The first kappa shape index (κ1) is 20.9. The fourth-order valence-corrected chi connectivity index (χ4v) is 4.32. The largest absolute Gasteiger partial charge is 0.299 e. The van der Waals surface area contributed by atoms with Gasteiger partial charge in [0.05, 0.1) is 29.2 Å². The Balaban J connectivity index is 1.61. The van der Waals surface area contributed by atoms with Crippen LogP contribution in [0.15, 0.2) is 114 Å². The van der Waals surface area contributed by atoms with Crippen LogP contribution in [0.4, 0.5) is 0 Å². The molecule has 1 aromatic heterocycles. The first-order valence-electron chi connectivity index (χ1n) is 11.1. The maximum Gasteiger partial charge on any atom is 0.266 e. The van der Waals surface area contributed by atoms with Crippen LogP contribution in [-0.2, 0) is 6.54 Å². The van der Waals surface area contributed by atoms with E-state index < -0.39 is 0 Å². The molecule has 4 aromatic carbocycles. The topological polar surface area (TPSA) is 46.9 Å². The summed E-state index contributed by atoms with van der Waals surface area (Å²) in [6, 6.07) is 36.2. The molecule has 0 fully saturated rings. The molecular weight excluding hydrogens is 406 g/mol. The predicted molar refractivity (Wildman–Crippen MR) is 134 cm³/mol. The quantitative estimate of drug-likeness (QED) is 0.382. The molecule has 0 atom stereocenters. The van der Waals surface area contributed by atoms with Gasteiger partial charge in [-0.1, -0.05) is 91.0 Å². The highest BCUT2D eigenvalue weighted by Crippen LogP contribution is 2.23. The Kier molecular flexibility index (Phi) is 5.83. The number of para-hydroxylation sites is 1. The van der Waals surface area contributed by atoms with Gasteiger partial charge in [-0.25, -0.2) is 4.98 Å². The normalized spacial score (nSPS) is 11.2. The highest BCUT2D eigenvalue weighted by Gasteiger charge is 2.18. The van der Waals surface area contributed by atoms with Gasteiger partial charge in [-0.05, 0) is 41.8 Å². The van der Waals surface area contributed by atoms with Crippen LogP contribution in [0.1, 0.15) is 28.6 Å². The van der Waals surface area contributed by atoms with Gasteiger partial charge in [0.1, 0.15) is 5.82 Å². The Morgan fingerprint density at radius 1 is 0.758 bits per heavy atom. The lowest BCUT2D eigenvalue weighted by Crippen LogP contribution is -2.30. The van der Waals surface area contributed by atoms with E-state index in [2.05, 4.69) is 29.6 Å². The molecule has 0 aliphatic carbocycles. The Morgan fingerprint density at radius 2 is 1.33 bits per heavy atom. The van der Waals surface area contributed by atoms with Crippen molar-refractivity contribution in [3.05, 3.63) is 142 Å². The Morgan fingerprint density at radius 3 is 1.94 bits per heavy atom. The van der Waals surface area contributed by atoms with E-state index in [4.69, 9.17) is 4.98 Å². The smallest absolute Gasteiger partial charge is 0.266 e. The van der Waals surface area contributed by atoms with E-state index in [0.29, 0.717) is 17.8 Å². The average molecular weight is 432 g/mol. The van der Waals surface area contributed by atoms with E-state index in [1.807, 2.05) is 91.9 Å². The minimum atomic E-state index is -0.0444. The van der Waals surface area contributed by atoms with Crippen LogP contribution in [0.2, 0.25) is 0 Å². The van der Waals surface area contributed by atoms with Crippen LogP contribution in [0.25, 0.3) is 16.6 Å². The van der Waals surface area contributed by atoms with Gasteiger partial charge in [-0.3, -0.25) is 14.7 Å². The van der Waals surface area contributed by atoms with Crippen molar-refractivity contribution < 1.29 is 0 Å². The number of benzene rings is 4. The SMILES string of the molecule is Cc1cccc2nc(CNC(c3ccccc3)c3ccccc3)n(-c3ccccc3)c(=O)c12. The summed E-state index contributed by atoms with van der Waals surface area (Å²) in [5, 5.41) is 4.32. The van der Waals surface area contributed by atoms with Crippen molar-refractivity contribution in [3.8, 4) is 5.69 Å². The van der Waals surface area contributed by atoms with Gasteiger partial charge in [0.15, 0.2) is 0 Å². The molecule has 0 unspecified atom stereocenters. The summed E-state index contributed by atoms with van der Waals surface area (Å²) < 4.78 is 1.73. The Bertz CT molecular complexity index is 1390. The molecule has 33 heavy (non-hydrogen) atoms. The van der Waals surface area contributed by atoms with E-state index in [1.54, 1.807) is 4.57 Å². The maximum atomic E-state index is 13.7. The molecule has 0 aliphatic heterocycles. The number of nitrogens with one attached hydrogen (secondary N) is 1. The maximum absolute atomic E-state index is 13.7. The lowest BCUT2D eigenvalue weighted by molar-refractivity contribution is 0.576. The van der Waals surface area contributed by atoms with Crippen molar-refractivity contribution in [1.29, 1.82) is 0 Å². The highest BCUT2D eigenvalue weighted by atomic mass is 16.1. The number of rotatable bonds is 6. The summed E-state index contributed by atoms with van der Waals surface area (Å²) in [4.78, 5) is 18.6. The summed E-state index contributed by atoms with van der Waals surface area (Å²) in [6.45, 7) is 2.39. The van der Waals surface area contributed by atoms with Crippen LogP contribution in [0.5, 0.6) is 0 Å². The van der Waals surface area contributed by atoms with Gasteiger partial charge in [-0.2, -0.15) is 0 Å². The second kappa shape index (κ2) is 9.23. The fourth-order valence-electron chi connectivity index (χ4n) is 4.32. The number of hydrogen-bond donors (Lipinski definition) is 1. The molecule has 0 spiro atoms. The molecule has 4 nitrogen and oxygen atoms in total. The van der Waals surface area contributed by atoms with E-state index in [9.17, 15) is 4.79 Å². The number of hydrogen-bond acceptors (Lipinski definition) is 3. The molecule has 0 aliphatic rings. The van der Waals surface area contributed by atoms with Crippen LogP contribution in [0.3, 0.4) is 0 Å². The molecule has 1 N–H and O–H groups in total. The minimum Gasteiger partial charge on any atom is -0.299 e. The molecule has 162 valence electrons. The zero-order valence-electron chi connectivity index (χ0n) is 18.5. The zero-order valence-corrected chi connectivity index (χ0v) is 18.5. The van der Waals surface area contributed by atoms with Gasteiger partial charge in [-0.15, -0.1) is 0 Å². The predicted octanol–water partition coefficient (Wildman–Crippen LogP) is 5.57. The first-order valence-corrected chi connectivity index (χ1v) is 11.1. The minimum absolute atomic E-state index is 0.0262. The second-order valence-electron chi connectivity index (χ2n) is 8.11. The highest BCUT2D eigenvalue weighted by molar-refractivity contribution is 5.81. The van der Waals surface area contributed by atoms with Crippen LogP contribution < -0.4 is 10.9 Å². The van der Waals surface area contributed by atoms with Crippen molar-refractivity contribution in [2.75, 3.05) is 0 Å². The van der Waals surface area contributed by atoms with Gasteiger partial charge >= 0.3 is 0 Å². The second-order valence-corrected chi connectivity index (χ2v) is 8.11.